The zero-order chi connectivity index (χ0) is 47.7. The van der Waals surface area contributed by atoms with Gasteiger partial charge in [0.1, 0.15) is 11.5 Å². The Morgan fingerprint density at radius 3 is 1.42 bits per heavy atom. The van der Waals surface area contributed by atoms with Gasteiger partial charge in [-0.05, 0) is 161 Å². The highest BCUT2D eigenvalue weighted by atomic mass is 19.4. The molecule has 64 heavy (non-hydrogen) atoms. The summed E-state index contributed by atoms with van der Waals surface area (Å²) in [7, 11) is 0. The molecule has 14 heteroatoms. The summed E-state index contributed by atoms with van der Waals surface area (Å²) in [6, 6.07) is 15.1. The molecule has 0 aliphatic carbocycles. The van der Waals surface area contributed by atoms with Crippen LogP contribution in [0.5, 0.6) is 11.5 Å². The maximum absolute atomic E-state index is 14.1. The maximum atomic E-state index is 14.1. The smallest absolute Gasteiger partial charge is 0.416 e. The Labute approximate surface area is 370 Å². The normalized spacial score (nSPS) is 15.1. The van der Waals surface area contributed by atoms with Crippen LogP contribution >= 0.6 is 0 Å². The van der Waals surface area contributed by atoms with Crippen LogP contribution in [0.1, 0.15) is 138 Å². The second kappa shape index (κ2) is 19.0. The largest absolute Gasteiger partial charge is 0.493 e. The van der Waals surface area contributed by atoms with Crippen molar-refractivity contribution in [1.29, 1.82) is 0 Å². The second-order valence-electron chi connectivity index (χ2n) is 18.3. The molecule has 2 N–H and O–H groups in total. The summed E-state index contributed by atoms with van der Waals surface area (Å²) in [5.74, 6) is -1.70. The number of alkyl halides is 6. The highest BCUT2D eigenvalue weighted by Crippen LogP contribution is 2.48. The van der Waals surface area contributed by atoms with Gasteiger partial charge in [0.2, 0.25) is 0 Å². The molecule has 0 fully saturated rings. The number of carboxylic acids is 2. The molecule has 2 heterocycles. The summed E-state index contributed by atoms with van der Waals surface area (Å²) in [4.78, 5) is 24.5. The quantitative estimate of drug-likeness (QED) is 0.151. The minimum absolute atomic E-state index is 0.137. The van der Waals surface area contributed by atoms with Crippen molar-refractivity contribution in [2.24, 2.45) is 0 Å². The third kappa shape index (κ3) is 11.7. The zero-order valence-corrected chi connectivity index (χ0v) is 37.6. The fourth-order valence-electron chi connectivity index (χ4n) is 7.97. The van der Waals surface area contributed by atoms with Crippen LogP contribution in [-0.4, -0.2) is 46.6 Å². The van der Waals surface area contributed by atoms with Crippen molar-refractivity contribution in [1.82, 2.24) is 0 Å². The first-order chi connectivity index (χ1) is 29.6. The second-order valence-corrected chi connectivity index (χ2v) is 18.3. The third-order valence-electron chi connectivity index (χ3n) is 10.5. The Balaban J connectivity index is 0.000000241. The van der Waals surface area contributed by atoms with E-state index < -0.39 is 64.4 Å². The number of hydrogen-bond donors (Lipinski definition) is 2. The lowest BCUT2D eigenvalue weighted by Gasteiger charge is -2.30. The number of aryl methyl sites for hydroxylation is 2. The van der Waals surface area contributed by atoms with E-state index in [1.165, 1.54) is 12.1 Å². The van der Waals surface area contributed by atoms with E-state index in [2.05, 4.69) is 6.58 Å². The van der Waals surface area contributed by atoms with Gasteiger partial charge in [0.15, 0.2) is 12.2 Å². The number of carboxylic acid groups (broad SMARTS) is 2. The molecule has 2 atom stereocenters. The third-order valence-corrected chi connectivity index (χ3v) is 10.5. The monoisotopic (exact) mass is 898 g/mol. The van der Waals surface area contributed by atoms with Crippen molar-refractivity contribution in [2.75, 3.05) is 13.2 Å². The molecule has 2 aliphatic heterocycles. The lowest BCUT2D eigenvalue weighted by Crippen LogP contribution is -2.30. The van der Waals surface area contributed by atoms with Gasteiger partial charge in [-0.3, -0.25) is 0 Å². The fourth-order valence-corrected chi connectivity index (χ4v) is 7.97. The molecule has 0 saturated carbocycles. The Hall–Kier alpha value is -5.34. The van der Waals surface area contributed by atoms with Crippen LogP contribution in [0.2, 0.25) is 0 Å². The molecule has 4 aromatic rings. The summed E-state index contributed by atoms with van der Waals surface area (Å²) in [5, 5.41) is 19.9. The van der Waals surface area contributed by atoms with Crippen molar-refractivity contribution in [3.63, 3.8) is 0 Å². The number of fused-ring (bicyclic) bond motifs is 2. The van der Waals surface area contributed by atoms with Gasteiger partial charge in [0.25, 0.3) is 0 Å². The lowest BCUT2D eigenvalue weighted by molar-refractivity contribution is -0.164. The van der Waals surface area contributed by atoms with Crippen LogP contribution in [0.4, 0.5) is 26.3 Å². The first-order valence-electron chi connectivity index (χ1n) is 21.1. The van der Waals surface area contributed by atoms with Gasteiger partial charge in [0.05, 0.1) is 35.5 Å². The summed E-state index contributed by atoms with van der Waals surface area (Å²) in [5.41, 5.74) is 0.00419. The van der Waals surface area contributed by atoms with Gasteiger partial charge in [0, 0.05) is 11.1 Å². The zero-order valence-electron chi connectivity index (χ0n) is 37.6. The van der Waals surface area contributed by atoms with Gasteiger partial charge in [-0.15, -0.1) is 0 Å². The molecule has 4 aromatic carbocycles. The summed E-state index contributed by atoms with van der Waals surface area (Å²) >= 11 is 0. The van der Waals surface area contributed by atoms with Crippen LogP contribution in [0.25, 0.3) is 27.8 Å². The minimum Gasteiger partial charge on any atom is -0.493 e. The predicted octanol–water partition coefficient (Wildman–Crippen LogP) is 13.4. The number of allylic oxidation sites excluding steroid dienone is 1. The molecule has 0 amide bonds. The van der Waals surface area contributed by atoms with Gasteiger partial charge in [-0.2, -0.15) is 26.3 Å². The van der Waals surface area contributed by atoms with E-state index in [-0.39, 0.29) is 22.6 Å². The molecule has 8 nitrogen and oxygen atoms in total. The van der Waals surface area contributed by atoms with Gasteiger partial charge >= 0.3 is 24.3 Å². The van der Waals surface area contributed by atoms with E-state index in [0.717, 1.165) is 48.9 Å². The molecular weight excluding hydrogens is 843 g/mol. The first kappa shape index (κ1) is 49.7. The average molecular weight is 899 g/mol. The van der Waals surface area contributed by atoms with Gasteiger partial charge < -0.3 is 29.2 Å². The maximum Gasteiger partial charge on any atom is 0.416 e. The molecule has 2 aliphatic rings. The van der Waals surface area contributed by atoms with Crippen molar-refractivity contribution in [3.8, 4) is 33.8 Å². The Morgan fingerprint density at radius 2 is 1.05 bits per heavy atom. The number of halogens is 6. The van der Waals surface area contributed by atoms with Crippen molar-refractivity contribution < 1.29 is 65.1 Å². The average Bonchev–Trinajstić information content (AvgIpc) is 3.19. The summed E-state index contributed by atoms with van der Waals surface area (Å²) < 4.78 is 107. The molecule has 2 unspecified atom stereocenters. The number of hydrogen-bond acceptors (Lipinski definition) is 6. The fraction of sp³-hybridized carbons (Fsp3) is 0.440. The van der Waals surface area contributed by atoms with E-state index >= 15 is 0 Å². The molecular formula is C50H56F6O8. The van der Waals surface area contributed by atoms with E-state index in [0.29, 0.717) is 52.5 Å². The Bertz CT molecular complexity index is 2380. The standard InChI is InChI=1S/C25H29F3O4.C25H27F3O4/c2*1-14(2)17-9-10-18(25(26,27)28)21(22(23(29)30)32-24(3,4)5)20(17)16-8-11-19-15(13-16)7-6-12-31-19/h8-11,13-14,22H,6-7,12H2,1-5H3,(H,29,30);8-11,13,22H,1,6-7,12H2,2-5H3,(H,29,30). The van der Waals surface area contributed by atoms with Crippen molar-refractivity contribution in [2.45, 2.75) is 130 Å². The van der Waals surface area contributed by atoms with Gasteiger partial charge in [-0.1, -0.05) is 50.3 Å². The molecule has 0 spiro atoms. The van der Waals surface area contributed by atoms with Crippen LogP contribution in [0, 0.1) is 0 Å². The number of aliphatic carboxylic acids is 2. The summed E-state index contributed by atoms with van der Waals surface area (Å²) in [6.07, 6.45) is -10.1. The van der Waals surface area contributed by atoms with Crippen LogP contribution in [0.15, 0.2) is 67.2 Å². The highest BCUT2D eigenvalue weighted by molar-refractivity contribution is 5.88. The van der Waals surface area contributed by atoms with Crippen LogP contribution in [0.3, 0.4) is 0 Å². The summed E-state index contributed by atoms with van der Waals surface area (Å²) in [6.45, 7) is 20.2. The Morgan fingerprint density at radius 1 is 0.641 bits per heavy atom. The molecule has 0 saturated heterocycles. The Kier molecular flexibility index (Phi) is 14.8. The lowest BCUT2D eigenvalue weighted by atomic mass is 9.83. The topological polar surface area (TPSA) is 112 Å². The number of carbonyl (C=O) groups is 2. The molecule has 346 valence electrons. The SMILES string of the molecule is C=C(C)c1ccc(C(F)(F)F)c(C(OC(C)(C)C)C(=O)O)c1-c1ccc2c(c1)CCCO2.CC(C)c1ccc(C(F)(F)F)c(C(OC(C)(C)C)C(=O)O)c1-c1ccc2c(c1)CCCO2. The van der Waals surface area contributed by atoms with E-state index in [9.17, 15) is 46.1 Å². The number of ether oxygens (including phenoxy) is 4. The number of rotatable bonds is 10. The highest BCUT2D eigenvalue weighted by Gasteiger charge is 2.43. The molecule has 0 bridgehead atoms. The molecule has 6 rings (SSSR count). The minimum atomic E-state index is -4.77. The van der Waals surface area contributed by atoms with Gasteiger partial charge in [-0.25, -0.2) is 9.59 Å². The number of benzene rings is 4. The van der Waals surface area contributed by atoms with E-state index in [1.54, 1.807) is 78.8 Å². The van der Waals surface area contributed by atoms with Crippen LogP contribution < -0.4 is 9.47 Å². The molecule has 0 radical (unpaired) electrons. The van der Waals surface area contributed by atoms with Crippen molar-refractivity contribution >= 4 is 17.5 Å². The van der Waals surface area contributed by atoms with E-state index in [1.807, 2.05) is 19.9 Å². The predicted molar refractivity (Wildman–Crippen MR) is 233 cm³/mol. The first-order valence-corrected chi connectivity index (χ1v) is 21.1. The van der Waals surface area contributed by atoms with Crippen LogP contribution in [-0.2, 0) is 44.3 Å². The van der Waals surface area contributed by atoms with E-state index in [4.69, 9.17) is 18.9 Å². The van der Waals surface area contributed by atoms with Crippen molar-refractivity contribution in [3.05, 3.63) is 112 Å². The molecule has 0 aromatic heterocycles.